The van der Waals surface area contributed by atoms with Crippen LogP contribution in [0, 0.1) is 0 Å². The van der Waals surface area contributed by atoms with Crippen molar-refractivity contribution < 1.29 is 14.4 Å². The molecule has 1 atom stereocenters. The van der Waals surface area contributed by atoms with Crippen molar-refractivity contribution in [3.8, 4) is 0 Å². The van der Waals surface area contributed by atoms with Gasteiger partial charge in [0.25, 0.3) is 0 Å². The minimum atomic E-state index is -0.539. The zero-order valence-corrected chi connectivity index (χ0v) is 17.0. The Morgan fingerprint density at radius 2 is 1.76 bits per heavy atom. The van der Waals surface area contributed by atoms with Gasteiger partial charge in [-0.3, -0.25) is 14.4 Å². The number of hydrogen-bond donors (Lipinski definition) is 2. The summed E-state index contributed by atoms with van der Waals surface area (Å²) >= 11 is 0. The van der Waals surface area contributed by atoms with Crippen molar-refractivity contribution in [2.75, 3.05) is 6.54 Å². The Hall–Kier alpha value is -3.21. The second-order valence-electron chi connectivity index (χ2n) is 6.99. The summed E-state index contributed by atoms with van der Waals surface area (Å²) in [4.78, 5) is 36.2. The van der Waals surface area contributed by atoms with Gasteiger partial charge in [-0.1, -0.05) is 74.4 Å². The van der Waals surface area contributed by atoms with E-state index in [9.17, 15) is 14.4 Å². The SMILES string of the molecule is CCCCC(C(=O)CNC(C)=O)c1cccc(C(N)=O)c1/C=C/c1ccccc1. The number of Topliss-reactive ketones (excluding diaryl/α,β-unsaturated/α-hetero) is 1. The molecule has 0 aliphatic carbocycles. The van der Waals surface area contributed by atoms with Crippen molar-refractivity contribution in [1.29, 1.82) is 0 Å². The van der Waals surface area contributed by atoms with Crippen LogP contribution in [0.2, 0.25) is 0 Å². The van der Waals surface area contributed by atoms with Crippen molar-refractivity contribution in [2.24, 2.45) is 5.73 Å². The second kappa shape index (κ2) is 11.0. The van der Waals surface area contributed by atoms with Crippen molar-refractivity contribution in [2.45, 2.75) is 39.0 Å². The Balaban J connectivity index is 2.49. The van der Waals surface area contributed by atoms with Crippen LogP contribution in [0.3, 0.4) is 0 Å². The summed E-state index contributed by atoms with van der Waals surface area (Å²) in [6, 6.07) is 15.0. The number of nitrogens with two attached hydrogens (primary N) is 1. The number of rotatable bonds is 10. The molecule has 0 spiro atoms. The van der Waals surface area contributed by atoms with Gasteiger partial charge in [0.05, 0.1) is 6.54 Å². The second-order valence-corrected chi connectivity index (χ2v) is 6.99. The Morgan fingerprint density at radius 1 is 1.03 bits per heavy atom. The number of carbonyl (C=O) groups excluding carboxylic acids is 3. The van der Waals surface area contributed by atoms with Crippen LogP contribution in [-0.2, 0) is 9.59 Å². The highest BCUT2D eigenvalue weighted by Gasteiger charge is 2.24. The molecule has 5 heteroatoms. The summed E-state index contributed by atoms with van der Waals surface area (Å²) < 4.78 is 0. The molecule has 2 rings (SSSR count). The first-order valence-corrected chi connectivity index (χ1v) is 9.87. The quantitative estimate of drug-likeness (QED) is 0.600. The lowest BCUT2D eigenvalue weighted by Crippen LogP contribution is -2.31. The van der Waals surface area contributed by atoms with Crippen molar-refractivity contribution >= 4 is 29.7 Å². The molecule has 0 aliphatic rings. The third kappa shape index (κ3) is 6.42. The maximum absolute atomic E-state index is 12.9. The fourth-order valence-electron chi connectivity index (χ4n) is 3.26. The van der Waals surface area contributed by atoms with Crippen molar-refractivity contribution in [3.63, 3.8) is 0 Å². The molecule has 1 unspecified atom stereocenters. The number of primary amides is 1. The van der Waals surface area contributed by atoms with Crippen molar-refractivity contribution in [3.05, 3.63) is 70.8 Å². The maximum Gasteiger partial charge on any atom is 0.249 e. The number of nitrogens with one attached hydrogen (secondary N) is 1. The van der Waals surface area contributed by atoms with E-state index in [2.05, 4.69) is 12.2 Å². The third-order valence-electron chi connectivity index (χ3n) is 4.77. The molecule has 29 heavy (non-hydrogen) atoms. The zero-order chi connectivity index (χ0) is 21.2. The van der Waals surface area contributed by atoms with Gasteiger partial charge in [0.15, 0.2) is 5.78 Å². The highest BCUT2D eigenvalue weighted by Crippen LogP contribution is 2.30. The van der Waals surface area contributed by atoms with Gasteiger partial charge in [-0.05, 0) is 29.2 Å². The van der Waals surface area contributed by atoms with Crippen molar-refractivity contribution in [1.82, 2.24) is 5.32 Å². The predicted octanol–water partition coefficient (Wildman–Crippen LogP) is 3.93. The van der Waals surface area contributed by atoms with E-state index in [1.807, 2.05) is 48.6 Å². The molecule has 0 saturated heterocycles. The first kappa shape index (κ1) is 22.1. The summed E-state index contributed by atoms with van der Waals surface area (Å²) in [5.74, 6) is -1.29. The van der Waals surface area contributed by atoms with Gasteiger partial charge in [0, 0.05) is 18.4 Å². The van der Waals surface area contributed by atoms with Crippen LogP contribution in [-0.4, -0.2) is 24.1 Å². The first-order valence-electron chi connectivity index (χ1n) is 9.87. The lowest BCUT2D eigenvalue weighted by molar-refractivity contribution is -0.124. The van der Waals surface area contributed by atoms with Gasteiger partial charge in [-0.25, -0.2) is 0 Å². The van der Waals surface area contributed by atoms with Crippen LogP contribution >= 0.6 is 0 Å². The summed E-state index contributed by atoms with van der Waals surface area (Å²) in [6.07, 6.45) is 6.19. The minimum Gasteiger partial charge on any atom is -0.366 e. The van der Waals surface area contributed by atoms with E-state index in [-0.39, 0.29) is 18.2 Å². The van der Waals surface area contributed by atoms with E-state index in [1.165, 1.54) is 6.92 Å². The van der Waals surface area contributed by atoms with Crippen LogP contribution < -0.4 is 11.1 Å². The van der Waals surface area contributed by atoms with Crippen LogP contribution in [0.25, 0.3) is 12.2 Å². The molecular weight excluding hydrogens is 364 g/mol. The molecule has 0 saturated carbocycles. The number of hydrogen-bond acceptors (Lipinski definition) is 3. The largest absolute Gasteiger partial charge is 0.366 e. The molecule has 0 aliphatic heterocycles. The Morgan fingerprint density at radius 3 is 2.38 bits per heavy atom. The van der Waals surface area contributed by atoms with E-state index >= 15 is 0 Å². The van der Waals surface area contributed by atoms with Gasteiger partial charge in [-0.2, -0.15) is 0 Å². The van der Waals surface area contributed by atoms with Gasteiger partial charge >= 0.3 is 0 Å². The lowest BCUT2D eigenvalue weighted by atomic mass is 9.84. The maximum atomic E-state index is 12.9. The summed E-state index contributed by atoms with van der Waals surface area (Å²) in [7, 11) is 0. The van der Waals surface area contributed by atoms with Gasteiger partial charge in [-0.15, -0.1) is 0 Å². The van der Waals surface area contributed by atoms with Crippen LogP contribution in [0.4, 0.5) is 0 Å². The average molecular weight is 392 g/mol. The highest BCUT2D eigenvalue weighted by molar-refractivity contribution is 5.99. The van der Waals surface area contributed by atoms with E-state index in [0.717, 1.165) is 24.0 Å². The molecule has 0 bridgehead atoms. The molecular formula is C24H28N2O3. The third-order valence-corrected chi connectivity index (χ3v) is 4.77. The summed E-state index contributed by atoms with van der Waals surface area (Å²) in [6.45, 7) is 3.41. The Kier molecular flexibility index (Phi) is 8.34. The predicted molar refractivity (Wildman–Crippen MR) is 116 cm³/mol. The lowest BCUT2D eigenvalue weighted by Gasteiger charge is -2.20. The average Bonchev–Trinajstić information content (AvgIpc) is 2.71. The van der Waals surface area contributed by atoms with Crippen LogP contribution in [0.5, 0.6) is 0 Å². The van der Waals surface area contributed by atoms with E-state index in [4.69, 9.17) is 5.73 Å². The first-order chi connectivity index (χ1) is 13.9. The molecule has 0 radical (unpaired) electrons. The zero-order valence-electron chi connectivity index (χ0n) is 17.0. The van der Waals surface area contributed by atoms with E-state index in [0.29, 0.717) is 17.5 Å². The van der Waals surface area contributed by atoms with E-state index in [1.54, 1.807) is 12.1 Å². The minimum absolute atomic E-state index is 0.0354. The molecule has 2 amide bonds. The fourth-order valence-corrected chi connectivity index (χ4v) is 3.26. The Labute approximate surface area is 172 Å². The molecule has 3 N–H and O–H groups in total. The summed E-state index contributed by atoms with van der Waals surface area (Å²) in [5.41, 5.74) is 8.38. The molecule has 152 valence electrons. The van der Waals surface area contributed by atoms with E-state index < -0.39 is 11.8 Å². The van der Waals surface area contributed by atoms with Gasteiger partial charge in [0.2, 0.25) is 11.8 Å². The molecule has 2 aromatic rings. The normalized spacial score (nSPS) is 11.9. The topological polar surface area (TPSA) is 89.3 Å². The number of carbonyl (C=O) groups is 3. The number of amides is 2. The molecule has 0 fully saturated rings. The number of benzene rings is 2. The fraction of sp³-hybridized carbons (Fsp3) is 0.292. The van der Waals surface area contributed by atoms with Gasteiger partial charge in [0.1, 0.15) is 0 Å². The molecule has 0 heterocycles. The summed E-state index contributed by atoms with van der Waals surface area (Å²) in [5, 5.41) is 2.59. The van der Waals surface area contributed by atoms with Crippen LogP contribution in [0.1, 0.15) is 66.1 Å². The smallest absolute Gasteiger partial charge is 0.249 e. The standard InChI is InChI=1S/C24H28N2O3/c1-3-4-11-21(23(28)16-26-17(2)27)19-12-8-13-22(24(25)29)20(19)15-14-18-9-6-5-7-10-18/h5-10,12-15,21H,3-4,11,16H2,1-2H3,(H2,25,29)(H,26,27)/b15-14+. The Bertz CT molecular complexity index is 888. The highest BCUT2D eigenvalue weighted by atomic mass is 16.2. The number of unbranched alkanes of at least 4 members (excludes halogenated alkanes) is 1. The van der Waals surface area contributed by atoms with Gasteiger partial charge < -0.3 is 11.1 Å². The molecule has 0 aromatic heterocycles. The molecule has 2 aromatic carbocycles. The monoisotopic (exact) mass is 392 g/mol. The molecule has 5 nitrogen and oxygen atoms in total. The van der Waals surface area contributed by atoms with Crippen LogP contribution in [0.15, 0.2) is 48.5 Å². The number of ketones is 1.